The highest BCUT2D eigenvalue weighted by Gasteiger charge is 2.02. The van der Waals surface area contributed by atoms with Gasteiger partial charge >= 0.3 is 0 Å². The van der Waals surface area contributed by atoms with Crippen LogP contribution >= 0.6 is 22.6 Å². The maximum absolute atomic E-state index is 12.9. The van der Waals surface area contributed by atoms with Crippen molar-refractivity contribution in [1.29, 1.82) is 0 Å². The van der Waals surface area contributed by atoms with E-state index < -0.39 is 0 Å². The number of nitrogens with one attached hydrogen (secondary N) is 1. The van der Waals surface area contributed by atoms with E-state index in [1.165, 1.54) is 18.3 Å². The van der Waals surface area contributed by atoms with Gasteiger partial charge in [-0.1, -0.05) is 23.4 Å². The SMILES string of the molecule is O=C(CO/N=C\c1cccc(F)c1)Nc1cccc(I)c1. The molecule has 2 aromatic carbocycles. The van der Waals surface area contributed by atoms with Crippen molar-refractivity contribution in [1.82, 2.24) is 0 Å². The smallest absolute Gasteiger partial charge is 0.265 e. The molecule has 0 bridgehead atoms. The Bertz CT molecular complexity index is 662. The number of hydrogen-bond acceptors (Lipinski definition) is 3. The second-order valence-corrected chi connectivity index (χ2v) is 5.37. The van der Waals surface area contributed by atoms with Gasteiger partial charge in [-0.3, -0.25) is 4.79 Å². The molecule has 0 radical (unpaired) electrons. The number of rotatable bonds is 5. The van der Waals surface area contributed by atoms with Crippen molar-refractivity contribution in [2.24, 2.45) is 5.16 Å². The zero-order chi connectivity index (χ0) is 15.1. The summed E-state index contributed by atoms with van der Waals surface area (Å²) in [4.78, 5) is 16.5. The second kappa shape index (κ2) is 7.72. The maximum atomic E-state index is 12.9. The molecule has 0 saturated heterocycles. The fraction of sp³-hybridized carbons (Fsp3) is 0.0667. The lowest BCUT2D eigenvalue weighted by Gasteiger charge is -2.04. The van der Waals surface area contributed by atoms with Gasteiger partial charge in [-0.05, 0) is 58.5 Å². The summed E-state index contributed by atoms with van der Waals surface area (Å²) in [6, 6.07) is 13.3. The molecule has 0 aromatic heterocycles. The van der Waals surface area contributed by atoms with Crippen LogP contribution in [-0.2, 0) is 9.63 Å². The lowest BCUT2D eigenvalue weighted by Crippen LogP contribution is -2.16. The third-order valence-corrected chi connectivity index (χ3v) is 3.10. The molecule has 0 atom stereocenters. The van der Waals surface area contributed by atoms with Crippen molar-refractivity contribution in [3.05, 3.63) is 63.5 Å². The molecule has 2 aromatic rings. The third-order valence-electron chi connectivity index (χ3n) is 2.43. The minimum atomic E-state index is -0.352. The van der Waals surface area contributed by atoms with Crippen molar-refractivity contribution in [3.8, 4) is 0 Å². The molecule has 0 heterocycles. The summed E-state index contributed by atoms with van der Waals surface area (Å²) in [5.74, 6) is -0.663. The monoisotopic (exact) mass is 398 g/mol. The van der Waals surface area contributed by atoms with E-state index in [4.69, 9.17) is 4.84 Å². The van der Waals surface area contributed by atoms with Crippen LogP contribution in [0.15, 0.2) is 53.7 Å². The molecular formula is C15H12FIN2O2. The fourth-order valence-electron chi connectivity index (χ4n) is 1.54. The molecule has 0 aliphatic carbocycles. The molecule has 108 valence electrons. The van der Waals surface area contributed by atoms with E-state index in [9.17, 15) is 9.18 Å². The number of halogens is 2. The highest BCUT2D eigenvalue weighted by Crippen LogP contribution is 2.12. The van der Waals surface area contributed by atoms with Gasteiger partial charge in [0.2, 0.25) is 0 Å². The molecule has 2 rings (SSSR count). The van der Waals surface area contributed by atoms with Crippen LogP contribution in [0, 0.1) is 9.39 Å². The van der Waals surface area contributed by atoms with E-state index in [0.717, 1.165) is 3.57 Å². The molecular weight excluding hydrogens is 386 g/mol. The van der Waals surface area contributed by atoms with Crippen LogP contribution in [0.3, 0.4) is 0 Å². The van der Waals surface area contributed by atoms with Crippen LogP contribution in [0.25, 0.3) is 0 Å². The standard InChI is InChI=1S/C15H12FIN2O2/c16-12-4-1-3-11(7-12)9-18-21-10-15(20)19-14-6-2-5-13(17)8-14/h1-9H,10H2,(H,19,20)/b18-9-. The van der Waals surface area contributed by atoms with Crippen molar-refractivity contribution in [2.75, 3.05) is 11.9 Å². The van der Waals surface area contributed by atoms with Gasteiger partial charge in [-0.15, -0.1) is 0 Å². The number of nitrogens with zero attached hydrogens (tertiary/aromatic N) is 1. The van der Waals surface area contributed by atoms with E-state index in [1.54, 1.807) is 18.2 Å². The molecule has 0 aliphatic heterocycles. The van der Waals surface area contributed by atoms with Gasteiger partial charge in [0, 0.05) is 9.26 Å². The Hall–Kier alpha value is -1.96. The number of anilines is 1. The Kier molecular flexibility index (Phi) is 5.68. The highest BCUT2D eigenvalue weighted by atomic mass is 127. The van der Waals surface area contributed by atoms with Gasteiger partial charge in [0.15, 0.2) is 6.61 Å². The number of amides is 1. The lowest BCUT2D eigenvalue weighted by molar-refractivity contribution is -0.120. The van der Waals surface area contributed by atoms with Crippen LogP contribution < -0.4 is 5.32 Å². The van der Waals surface area contributed by atoms with E-state index in [1.807, 2.05) is 18.2 Å². The first kappa shape index (κ1) is 15.4. The summed E-state index contributed by atoms with van der Waals surface area (Å²) in [7, 11) is 0. The predicted molar refractivity (Wildman–Crippen MR) is 87.7 cm³/mol. The fourth-order valence-corrected chi connectivity index (χ4v) is 2.09. The molecule has 21 heavy (non-hydrogen) atoms. The summed E-state index contributed by atoms with van der Waals surface area (Å²) in [5, 5.41) is 6.32. The normalized spacial score (nSPS) is 10.6. The van der Waals surface area contributed by atoms with Gasteiger partial charge in [0.1, 0.15) is 5.82 Å². The number of benzene rings is 2. The largest absolute Gasteiger partial charge is 0.386 e. The van der Waals surface area contributed by atoms with Crippen molar-refractivity contribution >= 4 is 40.4 Å². The first-order valence-electron chi connectivity index (χ1n) is 6.10. The summed E-state index contributed by atoms with van der Waals surface area (Å²) in [5.41, 5.74) is 1.26. The number of carbonyl (C=O) groups excluding carboxylic acids is 1. The van der Waals surface area contributed by atoms with Crippen molar-refractivity contribution in [2.45, 2.75) is 0 Å². The van der Waals surface area contributed by atoms with Crippen LogP contribution in [0.1, 0.15) is 5.56 Å². The Morgan fingerprint density at radius 2 is 2.10 bits per heavy atom. The molecule has 0 spiro atoms. The molecule has 6 heteroatoms. The number of carbonyl (C=O) groups is 1. The van der Waals surface area contributed by atoms with Crippen LogP contribution in [-0.4, -0.2) is 18.7 Å². The summed E-state index contributed by atoms with van der Waals surface area (Å²) in [6.45, 7) is -0.211. The van der Waals surface area contributed by atoms with Crippen molar-refractivity contribution in [3.63, 3.8) is 0 Å². The third kappa shape index (κ3) is 5.50. The first-order chi connectivity index (χ1) is 10.1. The quantitative estimate of drug-likeness (QED) is 0.477. The van der Waals surface area contributed by atoms with Gasteiger partial charge in [-0.2, -0.15) is 0 Å². The van der Waals surface area contributed by atoms with Crippen molar-refractivity contribution < 1.29 is 14.0 Å². The molecule has 1 N–H and O–H groups in total. The van der Waals surface area contributed by atoms with Crippen LogP contribution in [0.4, 0.5) is 10.1 Å². The molecule has 1 amide bonds. The van der Waals surface area contributed by atoms with Gasteiger partial charge in [-0.25, -0.2) is 4.39 Å². The average molecular weight is 398 g/mol. The maximum Gasteiger partial charge on any atom is 0.265 e. The first-order valence-corrected chi connectivity index (χ1v) is 7.18. The summed E-state index contributed by atoms with van der Waals surface area (Å²) >= 11 is 2.16. The average Bonchev–Trinajstić information content (AvgIpc) is 2.44. The Labute approximate surface area is 135 Å². The van der Waals surface area contributed by atoms with E-state index in [2.05, 4.69) is 33.1 Å². The van der Waals surface area contributed by atoms with E-state index in [0.29, 0.717) is 11.3 Å². The van der Waals surface area contributed by atoms with Gasteiger partial charge < -0.3 is 10.2 Å². The topological polar surface area (TPSA) is 50.7 Å². The van der Waals surface area contributed by atoms with Gasteiger partial charge in [0.25, 0.3) is 5.91 Å². The predicted octanol–water partition coefficient (Wildman–Crippen LogP) is 3.42. The summed E-state index contributed by atoms with van der Waals surface area (Å²) in [6.07, 6.45) is 1.35. The Balaban J connectivity index is 1.79. The van der Waals surface area contributed by atoms with Crippen LogP contribution in [0.5, 0.6) is 0 Å². The van der Waals surface area contributed by atoms with Crippen LogP contribution in [0.2, 0.25) is 0 Å². The second-order valence-electron chi connectivity index (χ2n) is 4.12. The highest BCUT2D eigenvalue weighted by molar-refractivity contribution is 14.1. The number of hydrogen-bond donors (Lipinski definition) is 1. The molecule has 0 fully saturated rings. The summed E-state index contributed by atoms with van der Waals surface area (Å²) < 4.78 is 13.9. The minimum Gasteiger partial charge on any atom is -0.386 e. The Morgan fingerprint density at radius 1 is 1.29 bits per heavy atom. The number of oxime groups is 1. The minimum absolute atomic E-state index is 0.211. The van der Waals surface area contributed by atoms with E-state index >= 15 is 0 Å². The van der Waals surface area contributed by atoms with E-state index in [-0.39, 0.29) is 18.3 Å². The Morgan fingerprint density at radius 3 is 2.86 bits per heavy atom. The zero-order valence-electron chi connectivity index (χ0n) is 10.9. The molecule has 0 unspecified atom stereocenters. The molecule has 0 saturated carbocycles. The zero-order valence-corrected chi connectivity index (χ0v) is 13.1. The molecule has 0 aliphatic rings. The molecule has 4 nitrogen and oxygen atoms in total. The van der Waals surface area contributed by atoms with Gasteiger partial charge in [0.05, 0.1) is 6.21 Å². The lowest BCUT2D eigenvalue weighted by atomic mass is 10.2.